The van der Waals surface area contributed by atoms with Crippen molar-refractivity contribution < 1.29 is 0 Å². The number of hydrogen-bond donors (Lipinski definition) is 0. The van der Waals surface area contributed by atoms with Crippen LogP contribution in [0.3, 0.4) is 0 Å². The molecule has 2 nitrogen and oxygen atoms in total. The van der Waals surface area contributed by atoms with Crippen LogP contribution in [0.15, 0.2) is 115 Å². The van der Waals surface area contributed by atoms with E-state index in [9.17, 15) is 0 Å². The Morgan fingerprint density at radius 1 is 0.489 bits per heavy atom. The highest BCUT2D eigenvalue weighted by atomic mass is 15.0. The minimum atomic E-state index is -0.189. The van der Waals surface area contributed by atoms with Crippen molar-refractivity contribution in [2.24, 2.45) is 0 Å². The first-order chi connectivity index (χ1) is 21.9. The van der Waals surface area contributed by atoms with Gasteiger partial charge in [0, 0.05) is 54.8 Å². The second-order valence-electron chi connectivity index (χ2n) is 14.5. The molecular formula is C42H31BN2. The van der Waals surface area contributed by atoms with Crippen LogP contribution in [0, 0.1) is 0 Å². The fraction of sp³-hybridized carbons (Fsp3) is 0.143. The van der Waals surface area contributed by atoms with Gasteiger partial charge in [0.15, 0.2) is 0 Å². The number of aromatic nitrogens is 2. The summed E-state index contributed by atoms with van der Waals surface area (Å²) < 4.78 is 5.27. The Bertz CT molecular complexity index is 2660. The number of nitrogens with zero attached hydrogens (tertiary/aromatic N) is 2. The lowest BCUT2D eigenvalue weighted by Crippen LogP contribution is -2.60. The van der Waals surface area contributed by atoms with Gasteiger partial charge in [0.25, 0.3) is 6.71 Å². The van der Waals surface area contributed by atoms with E-state index < -0.39 is 0 Å². The Hall–Kier alpha value is -5.02. The minimum Gasteiger partial charge on any atom is -0.310 e. The van der Waals surface area contributed by atoms with E-state index >= 15 is 0 Å². The molecule has 8 aromatic rings. The van der Waals surface area contributed by atoms with E-state index in [1.165, 1.54) is 93.6 Å². The zero-order valence-corrected chi connectivity index (χ0v) is 25.9. The van der Waals surface area contributed by atoms with Crippen molar-refractivity contribution in [3.63, 3.8) is 0 Å². The fourth-order valence-electron chi connectivity index (χ4n) is 9.87. The largest absolute Gasteiger partial charge is 0.310 e. The number of para-hydroxylation sites is 4. The van der Waals surface area contributed by atoms with Crippen molar-refractivity contribution in [1.82, 2.24) is 9.13 Å². The van der Waals surface area contributed by atoms with Crippen LogP contribution in [0.4, 0.5) is 0 Å². The second-order valence-corrected chi connectivity index (χ2v) is 14.5. The summed E-state index contributed by atoms with van der Waals surface area (Å²) in [4.78, 5) is 0. The van der Waals surface area contributed by atoms with Crippen molar-refractivity contribution in [1.29, 1.82) is 0 Å². The number of fused-ring (bicyclic) bond motifs is 13. The van der Waals surface area contributed by atoms with Gasteiger partial charge < -0.3 is 9.13 Å². The van der Waals surface area contributed by atoms with Crippen LogP contribution >= 0.6 is 0 Å². The molecule has 0 radical (unpaired) electrons. The maximum absolute atomic E-state index is 2.66. The molecule has 3 aliphatic rings. The summed E-state index contributed by atoms with van der Waals surface area (Å²) in [6.07, 6.45) is 0. The summed E-state index contributed by atoms with van der Waals surface area (Å²) in [7, 11) is 0. The molecule has 0 bridgehead atoms. The van der Waals surface area contributed by atoms with Gasteiger partial charge in [-0.1, -0.05) is 125 Å². The van der Waals surface area contributed by atoms with Crippen LogP contribution in [0.1, 0.15) is 49.9 Å². The summed E-state index contributed by atoms with van der Waals surface area (Å²) in [5.74, 6) is 0. The second kappa shape index (κ2) is 7.61. The molecule has 0 atom stereocenters. The van der Waals surface area contributed by atoms with E-state index in [4.69, 9.17) is 0 Å². The molecule has 4 heterocycles. The Labute approximate surface area is 262 Å². The molecule has 2 aromatic heterocycles. The summed E-state index contributed by atoms with van der Waals surface area (Å²) in [5, 5.41) is 5.35. The highest BCUT2D eigenvalue weighted by Gasteiger charge is 2.49. The van der Waals surface area contributed by atoms with Gasteiger partial charge in [0.1, 0.15) is 0 Å². The Balaban J connectivity index is 1.46. The Kier molecular flexibility index (Phi) is 4.11. The summed E-state index contributed by atoms with van der Waals surface area (Å²) in [6.45, 7) is 9.95. The fourth-order valence-corrected chi connectivity index (χ4v) is 9.87. The standard InChI is InChI=1S/C42H31BN2/c1-41(2)28-17-7-8-18-29(28)42(3,4)36-30(41)23-35-37-40(36)45-34-22-10-6-14-25(34)27-16-12-20-32(39(27)45)43(37)31-19-11-15-26-24-13-5-9-21-33(24)44(35)38(26)31/h5-23H,1-4H3. The molecule has 2 aliphatic heterocycles. The van der Waals surface area contributed by atoms with Gasteiger partial charge in [-0.15, -0.1) is 0 Å². The Morgan fingerprint density at radius 3 is 1.64 bits per heavy atom. The molecule has 0 spiro atoms. The molecule has 1 aliphatic carbocycles. The van der Waals surface area contributed by atoms with Crippen LogP contribution in [0.25, 0.3) is 55.0 Å². The third-order valence-corrected chi connectivity index (χ3v) is 11.7. The molecule has 0 saturated carbocycles. The van der Waals surface area contributed by atoms with Crippen molar-refractivity contribution in [2.45, 2.75) is 38.5 Å². The molecule has 0 saturated heterocycles. The van der Waals surface area contributed by atoms with Crippen molar-refractivity contribution >= 4 is 66.7 Å². The molecule has 0 amide bonds. The SMILES string of the molecule is CC1(C)c2ccccc2C(C)(C)c2c1cc1c3c2-n2c4ccccc4c4cccc(c42)B3c2cccc3c4ccccc4n-1c23. The minimum absolute atomic E-state index is 0.150. The summed E-state index contributed by atoms with van der Waals surface area (Å²) in [6, 6.07) is 43.9. The van der Waals surface area contributed by atoms with Gasteiger partial charge in [-0.05, 0) is 56.8 Å². The smallest absolute Gasteiger partial charge is 0.252 e. The molecular weight excluding hydrogens is 543 g/mol. The van der Waals surface area contributed by atoms with E-state index in [2.05, 4.69) is 152 Å². The van der Waals surface area contributed by atoms with E-state index in [1.54, 1.807) is 0 Å². The first-order valence-electron chi connectivity index (χ1n) is 16.3. The summed E-state index contributed by atoms with van der Waals surface area (Å²) in [5.41, 5.74) is 17.7. The highest BCUT2D eigenvalue weighted by Crippen LogP contribution is 2.53. The van der Waals surface area contributed by atoms with Crippen LogP contribution in [-0.4, -0.2) is 15.8 Å². The van der Waals surface area contributed by atoms with E-state index in [0.717, 1.165) is 0 Å². The monoisotopic (exact) mass is 574 g/mol. The lowest BCUT2D eigenvalue weighted by molar-refractivity contribution is 0.519. The van der Waals surface area contributed by atoms with Crippen LogP contribution in [0.2, 0.25) is 0 Å². The van der Waals surface area contributed by atoms with E-state index in [-0.39, 0.29) is 17.5 Å². The lowest BCUT2D eigenvalue weighted by Gasteiger charge is -2.47. The van der Waals surface area contributed by atoms with Gasteiger partial charge in [-0.3, -0.25) is 0 Å². The lowest BCUT2D eigenvalue weighted by atomic mass is 9.33. The number of benzene rings is 6. The van der Waals surface area contributed by atoms with Gasteiger partial charge in [0.05, 0.1) is 11.0 Å². The quantitative estimate of drug-likeness (QED) is 0.163. The van der Waals surface area contributed by atoms with E-state index in [0.29, 0.717) is 0 Å². The first kappa shape index (κ1) is 24.3. The average molecular weight is 575 g/mol. The molecule has 0 N–H and O–H groups in total. The van der Waals surface area contributed by atoms with Crippen LogP contribution in [-0.2, 0) is 10.8 Å². The average Bonchev–Trinajstić information content (AvgIpc) is 3.58. The third kappa shape index (κ3) is 2.57. The van der Waals surface area contributed by atoms with Crippen LogP contribution in [0.5, 0.6) is 0 Å². The zero-order chi connectivity index (χ0) is 30.0. The third-order valence-electron chi connectivity index (χ3n) is 11.7. The van der Waals surface area contributed by atoms with Gasteiger partial charge in [-0.25, -0.2) is 0 Å². The van der Waals surface area contributed by atoms with Crippen molar-refractivity contribution in [3.05, 3.63) is 138 Å². The topological polar surface area (TPSA) is 9.86 Å². The van der Waals surface area contributed by atoms with E-state index in [1.807, 2.05) is 0 Å². The van der Waals surface area contributed by atoms with Crippen LogP contribution < -0.4 is 16.4 Å². The van der Waals surface area contributed by atoms with Crippen molar-refractivity contribution in [3.8, 4) is 11.4 Å². The maximum atomic E-state index is 2.66. The first-order valence-corrected chi connectivity index (χ1v) is 16.3. The number of hydrogen-bond acceptors (Lipinski definition) is 0. The van der Waals surface area contributed by atoms with Crippen molar-refractivity contribution in [2.75, 3.05) is 0 Å². The van der Waals surface area contributed by atoms with Gasteiger partial charge >= 0.3 is 0 Å². The van der Waals surface area contributed by atoms with Gasteiger partial charge in [0.2, 0.25) is 0 Å². The predicted octanol–water partition coefficient (Wildman–Crippen LogP) is 7.99. The summed E-state index contributed by atoms with van der Waals surface area (Å²) >= 11 is 0. The maximum Gasteiger partial charge on any atom is 0.252 e. The zero-order valence-electron chi connectivity index (χ0n) is 25.9. The molecule has 0 unspecified atom stereocenters. The molecule has 6 aromatic carbocycles. The predicted molar refractivity (Wildman–Crippen MR) is 190 cm³/mol. The van der Waals surface area contributed by atoms with Gasteiger partial charge in [-0.2, -0.15) is 0 Å². The normalized spacial score (nSPS) is 16.3. The molecule has 11 rings (SSSR count). The Morgan fingerprint density at radius 2 is 1.00 bits per heavy atom. The molecule has 212 valence electrons. The molecule has 45 heavy (non-hydrogen) atoms. The molecule has 0 fully saturated rings. The highest BCUT2D eigenvalue weighted by molar-refractivity contribution is 7.00. The molecule has 3 heteroatoms. The number of rotatable bonds is 0.